The van der Waals surface area contributed by atoms with Gasteiger partial charge in [0.05, 0.1) is 0 Å². The summed E-state index contributed by atoms with van der Waals surface area (Å²) in [7, 11) is 0. The van der Waals surface area contributed by atoms with E-state index in [1.807, 2.05) is 0 Å². The third kappa shape index (κ3) is 1.95. The van der Waals surface area contributed by atoms with Crippen LogP contribution in [0.3, 0.4) is 0 Å². The molecule has 1 aliphatic carbocycles. The molecule has 0 radical (unpaired) electrons. The van der Waals surface area contributed by atoms with Gasteiger partial charge >= 0.3 is 0 Å². The molecule has 84 valence electrons. The van der Waals surface area contributed by atoms with E-state index >= 15 is 0 Å². The Balaban J connectivity index is 1.87. The molecule has 0 aromatic heterocycles. The third-order valence-corrected chi connectivity index (χ3v) is 4.03. The summed E-state index contributed by atoms with van der Waals surface area (Å²) in [6, 6.07) is 0. The lowest BCUT2D eigenvalue weighted by molar-refractivity contribution is 0.0543. The van der Waals surface area contributed by atoms with E-state index in [2.05, 4.69) is 14.9 Å². The molecule has 2 fully saturated rings. The maximum Gasteiger partial charge on any atom is 0.0477 e. The first-order chi connectivity index (χ1) is 7.30. The van der Waals surface area contributed by atoms with Crippen LogP contribution in [0, 0.1) is 11.3 Å². The summed E-state index contributed by atoms with van der Waals surface area (Å²) in [6.45, 7) is 3.74. The van der Waals surface area contributed by atoms with E-state index in [0.717, 1.165) is 19.6 Å². The van der Waals surface area contributed by atoms with E-state index in [1.54, 1.807) is 0 Å². The van der Waals surface area contributed by atoms with Crippen LogP contribution < -0.4 is 0 Å². The van der Waals surface area contributed by atoms with Crippen molar-refractivity contribution in [1.29, 1.82) is 0 Å². The molecule has 0 aromatic rings. The van der Waals surface area contributed by atoms with E-state index in [-0.39, 0.29) is 0 Å². The second-order valence-electron chi connectivity index (χ2n) is 4.79. The van der Waals surface area contributed by atoms with Crippen LogP contribution >= 0.6 is 0 Å². The van der Waals surface area contributed by atoms with Crippen molar-refractivity contribution in [3.05, 3.63) is 10.4 Å². The first-order valence-corrected chi connectivity index (χ1v) is 5.65. The van der Waals surface area contributed by atoms with E-state index < -0.39 is 0 Å². The van der Waals surface area contributed by atoms with Crippen LogP contribution in [0.25, 0.3) is 10.4 Å². The van der Waals surface area contributed by atoms with Gasteiger partial charge in [-0.15, -0.1) is 0 Å². The Kier molecular flexibility index (Phi) is 3.14. The van der Waals surface area contributed by atoms with E-state index in [9.17, 15) is 5.11 Å². The lowest BCUT2D eigenvalue weighted by Gasteiger charge is -2.42. The van der Waals surface area contributed by atoms with Gasteiger partial charge in [0.15, 0.2) is 0 Å². The van der Waals surface area contributed by atoms with Gasteiger partial charge in [-0.1, -0.05) is 11.5 Å². The Bertz CT molecular complexity index is 271. The average Bonchev–Trinajstić information content (AvgIpc) is 2.57. The molecule has 1 heterocycles. The van der Waals surface area contributed by atoms with Gasteiger partial charge in [0.1, 0.15) is 0 Å². The van der Waals surface area contributed by atoms with Crippen molar-refractivity contribution in [2.75, 3.05) is 32.8 Å². The number of aliphatic hydroxyl groups excluding tert-OH is 1. The van der Waals surface area contributed by atoms with Crippen molar-refractivity contribution in [3.8, 4) is 0 Å². The minimum absolute atomic E-state index is 0.304. The molecule has 0 amide bonds. The van der Waals surface area contributed by atoms with Crippen molar-refractivity contribution in [1.82, 2.24) is 4.90 Å². The van der Waals surface area contributed by atoms with E-state index in [0.29, 0.717) is 24.5 Å². The Morgan fingerprint density at radius 1 is 1.53 bits per heavy atom. The molecule has 0 aromatic carbocycles. The fraction of sp³-hybridized carbons (Fsp3) is 1.00. The fourth-order valence-corrected chi connectivity index (χ4v) is 2.99. The Morgan fingerprint density at radius 3 is 2.80 bits per heavy atom. The zero-order chi connectivity index (χ0) is 10.7. The highest BCUT2D eigenvalue weighted by atomic mass is 16.3. The SMILES string of the molecule is [N-]=[N+]=NCCN1C[C@H](CO)C2(CCC2)C1. The molecule has 2 aliphatic rings. The first kappa shape index (κ1) is 10.7. The summed E-state index contributed by atoms with van der Waals surface area (Å²) in [6.07, 6.45) is 3.83. The zero-order valence-corrected chi connectivity index (χ0v) is 8.97. The van der Waals surface area contributed by atoms with Crippen molar-refractivity contribution < 1.29 is 5.11 Å². The maximum atomic E-state index is 9.35. The molecule has 1 spiro atoms. The largest absolute Gasteiger partial charge is 0.396 e. The molecule has 0 bridgehead atoms. The van der Waals surface area contributed by atoms with Crippen molar-refractivity contribution in [2.24, 2.45) is 16.4 Å². The number of likely N-dealkylation sites (tertiary alicyclic amines) is 1. The normalized spacial score (nSPS) is 28.7. The van der Waals surface area contributed by atoms with Gasteiger partial charge in [-0.25, -0.2) is 0 Å². The summed E-state index contributed by atoms with van der Waals surface area (Å²) in [5.41, 5.74) is 8.59. The molecule has 1 saturated heterocycles. The zero-order valence-electron chi connectivity index (χ0n) is 8.97. The summed E-state index contributed by atoms with van der Waals surface area (Å²) in [5, 5.41) is 12.9. The molecule has 1 saturated carbocycles. The predicted molar refractivity (Wildman–Crippen MR) is 57.3 cm³/mol. The molecular formula is C10H18N4O. The average molecular weight is 210 g/mol. The summed E-state index contributed by atoms with van der Waals surface area (Å²) >= 11 is 0. The number of rotatable bonds is 4. The molecule has 1 aliphatic heterocycles. The minimum atomic E-state index is 0.304. The Morgan fingerprint density at radius 2 is 2.33 bits per heavy atom. The quantitative estimate of drug-likeness (QED) is 0.432. The van der Waals surface area contributed by atoms with Gasteiger partial charge in [-0.2, -0.15) is 0 Å². The number of nitrogens with zero attached hydrogens (tertiary/aromatic N) is 4. The maximum absolute atomic E-state index is 9.35. The van der Waals surface area contributed by atoms with E-state index in [4.69, 9.17) is 5.53 Å². The second kappa shape index (κ2) is 4.39. The van der Waals surface area contributed by atoms with Crippen LogP contribution in [0.2, 0.25) is 0 Å². The summed E-state index contributed by atoms with van der Waals surface area (Å²) < 4.78 is 0. The molecule has 2 rings (SSSR count). The van der Waals surface area contributed by atoms with Crippen molar-refractivity contribution >= 4 is 0 Å². The highest BCUT2D eigenvalue weighted by Gasteiger charge is 2.49. The first-order valence-electron chi connectivity index (χ1n) is 5.65. The van der Waals surface area contributed by atoms with Gasteiger partial charge < -0.3 is 10.0 Å². The number of aliphatic hydroxyl groups is 1. The van der Waals surface area contributed by atoms with Crippen LogP contribution in [0.15, 0.2) is 5.11 Å². The smallest absolute Gasteiger partial charge is 0.0477 e. The molecule has 1 atom stereocenters. The highest BCUT2D eigenvalue weighted by molar-refractivity contribution is 5.01. The van der Waals surface area contributed by atoms with Crippen molar-refractivity contribution in [3.63, 3.8) is 0 Å². The topological polar surface area (TPSA) is 72.2 Å². The fourth-order valence-electron chi connectivity index (χ4n) is 2.99. The van der Waals surface area contributed by atoms with Gasteiger partial charge in [-0.05, 0) is 23.8 Å². The molecule has 5 heteroatoms. The summed E-state index contributed by atoms with van der Waals surface area (Å²) in [5.74, 6) is 0.442. The van der Waals surface area contributed by atoms with Crippen LogP contribution in [0.1, 0.15) is 19.3 Å². The minimum Gasteiger partial charge on any atom is -0.396 e. The van der Waals surface area contributed by atoms with Gasteiger partial charge in [0, 0.05) is 43.6 Å². The predicted octanol–water partition coefficient (Wildman–Crippen LogP) is 1.39. The number of hydrogen-bond donors (Lipinski definition) is 1. The van der Waals surface area contributed by atoms with Crippen LogP contribution in [0.5, 0.6) is 0 Å². The molecule has 5 nitrogen and oxygen atoms in total. The van der Waals surface area contributed by atoms with Crippen LogP contribution in [-0.2, 0) is 0 Å². The van der Waals surface area contributed by atoms with Gasteiger partial charge in [0.2, 0.25) is 0 Å². The molecule has 15 heavy (non-hydrogen) atoms. The third-order valence-electron chi connectivity index (χ3n) is 4.03. The molecule has 0 unspecified atom stereocenters. The van der Waals surface area contributed by atoms with Crippen LogP contribution in [-0.4, -0.2) is 42.8 Å². The lowest BCUT2D eigenvalue weighted by Crippen LogP contribution is -2.39. The lowest BCUT2D eigenvalue weighted by atomic mass is 9.63. The standard InChI is InChI=1S/C10H18N4O/c11-13-12-4-5-14-6-9(7-15)10(8-14)2-1-3-10/h9,15H,1-8H2/t9-/m1/s1. The Labute approximate surface area is 89.7 Å². The number of hydrogen-bond acceptors (Lipinski definition) is 3. The number of azide groups is 1. The molecule has 1 N–H and O–H groups in total. The van der Waals surface area contributed by atoms with Crippen molar-refractivity contribution in [2.45, 2.75) is 19.3 Å². The van der Waals surface area contributed by atoms with Gasteiger partial charge in [0.25, 0.3) is 0 Å². The Hall–Kier alpha value is -0.770. The van der Waals surface area contributed by atoms with E-state index in [1.165, 1.54) is 19.3 Å². The summed E-state index contributed by atoms with van der Waals surface area (Å²) in [4.78, 5) is 5.08. The van der Waals surface area contributed by atoms with Crippen LogP contribution in [0.4, 0.5) is 0 Å². The highest BCUT2D eigenvalue weighted by Crippen LogP contribution is 2.51. The second-order valence-corrected chi connectivity index (χ2v) is 4.79. The molecular weight excluding hydrogens is 192 g/mol. The monoisotopic (exact) mass is 210 g/mol. The van der Waals surface area contributed by atoms with Gasteiger partial charge in [-0.3, -0.25) is 0 Å².